The van der Waals surface area contributed by atoms with Gasteiger partial charge in [-0.25, -0.2) is 0 Å². The van der Waals surface area contributed by atoms with Crippen molar-refractivity contribution in [3.8, 4) is 0 Å². The first-order valence-corrected chi connectivity index (χ1v) is 19.8. The van der Waals surface area contributed by atoms with Crippen molar-refractivity contribution < 1.29 is 25.9 Å². The van der Waals surface area contributed by atoms with E-state index in [1.165, 1.54) is 154 Å². The minimum atomic E-state index is -2.89. The second kappa shape index (κ2) is 35.4. The molecule has 0 saturated heterocycles. The summed E-state index contributed by atoms with van der Waals surface area (Å²) in [6.07, 6.45) is 46.4. The second-order valence-electron chi connectivity index (χ2n) is 12.2. The Morgan fingerprint density at radius 2 is 0.625 bits per heavy atom. The molecule has 0 radical (unpaired) electrons. The smallest absolute Gasteiger partial charge is 0.200 e. The Bertz CT molecular complexity index is 529. The van der Waals surface area contributed by atoms with E-state index in [-0.39, 0.29) is 16.5 Å². The van der Waals surface area contributed by atoms with Gasteiger partial charge >= 0.3 is 0 Å². The topological polar surface area (TPSA) is 37.3 Å². The van der Waals surface area contributed by atoms with Crippen LogP contribution in [0.25, 0.3) is 0 Å². The van der Waals surface area contributed by atoms with Gasteiger partial charge in [0.1, 0.15) is 0 Å². The van der Waals surface area contributed by atoms with Gasteiger partial charge in [0.05, 0.1) is 0 Å². The van der Waals surface area contributed by atoms with Gasteiger partial charge in [-0.15, -0.1) is 0 Å². The first-order valence-electron chi connectivity index (χ1n) is 17.7. The molecule has 0 aliphatic rings. The third-order valence-corrected chi connectivity index (χ3v) is 10.1. The third-order valence-electron chi connectivity index (χ3n) is 8.04. The molecule has 0 aliphatic heterocycles. The van der Waals surface area contributed by atoms with Gasteiger partial charge in [-0.3, -0.25) is 4.57 Å². The Hall–Kier alpha value is 0.164. The molecular weight excluding hydrogens is 554 g/mol. The summed E-state index contributed by atoms with van der Waals surface area (Å²) in [5, 5.41) is 0. The molecule has 0 rings (SSSR count). The van der Waals surface area contributed by atoms with E-state index in [0.717, 1.165) is 25.7 Å². The molecule has 0 fully saturated rings. The Morgan fingerprint density at radius 1 is 0.400 bits per heavy atom. The van der Waals surface area contributed by atoms with Crippen LogP contribution in [0, 0.1) is 0 Å². The van der Waals surface area contributed by atoms with Gasteiger partial charge < -0.3 is 4.89 Å². The molecule has 40 heavy (non-hydrogen) atoms. The van der Waals surface area contributed by atoms with E-state index in [9.17, 15) is 9.46 Å². The van der Waals surface area contributed by atoms with Crippen LogP contribution >= 0.6 is 7.37 Å². The summed E-state index contributed by atoms with van der Waals surface area (Å²) in [6.45, 7) is 4.55. The van der Waals surface area contributed by atoms with Crippen LogP contribution in [0.4, 0.5) is 0 Å². The van der Waals surface area contributed by atoms with E-state index in [1.807, 2.05) is 0 Å². The summed E-state index contributed by atoms with van der Waals surface area (Å²) in [5.74, 6) is 0. The predicted octanol–water partition coefficient (Wildman–Crippen LogP) is 13.3. The van der Waals surface area contributed by atoms with E-state index >= 15 is 0 Å². The monoisotopic (exact) mass is 624 g/mol. The van der Waals surface area contributed by atoms with E-state index in [4.69, 9.17) is 0 Å². The molecule has 0 saturated carbocycles. The Morgan fingerprint density at radius 3 is 0.900 bits per heavy atom. The zero-order chi connectivity index (χ0) is 28.5. The number of hydrogen-bond donors (Lipinski definition) is 1. The number of hydrogen-bond acceptors (Lipinski definition) is 1. The summed E-state index contributed by atoms with van der Waals surface area (Å²) in [7, 11) is -2.89. The van der Waals surface area contributed by atoms with Crippen molar-refractivity contribution >= 4 is 7.37 Å². The molecule has 0 heterocycles. The molecule has 1 N–H and O–H groups in total. The van der Waals surface area contributed by atoms with Crippen LogP contribution in [0.3, 0.4) is 0 Å². The molecule has 0 aromatic carbocycles. The fourth-order valence-corrected chi connectivity index (χ4v) is 6.98. The van der Waals surface area contributed by atoms with Gasteiger partial charge in [0, 0.05) is 28.8 Å². The first kappa shape index (κ1) is 42.3. The standard InChI is InChI=1S/C36H71O2P.Ni/c1-3-5-7-9-11-13-15-17-19-21-23-25-27-29-31-33-35-39(37,38)36-34-32-30-28-26-24-22-20-18-16-14-12-10-8-6-4-2;/h17-20H,3-16,21-36H2,1-2H3,(H,37,38);/b19-17-,20-18-;. The van der Waals surface area contributed by atoms with E-state index < -0.39 is 7.37 Å². The molecule has 0 unspecified atom stereocenters. The maximum atomic E-state index is 12.4. The average Bonchev–Trinajstić information content (AvgIpc) is 2.92. The van der Waals surface area contributed by atoms with Crippen LogP contribution < -0.4 is 0 Å². The first-order chi connectivity index (χ1) is 19.1. The summed E-state index contributed by atoms with van der Waals surface area (Å²) in [5.41, 5.74) is 0. The largest absolute Gasteiger partial charge is 0.344 e. The Labute approximate surface area is 262 Å². The molecule has 4 heteroatoms. The summed E-state index contributed by atoms with van der Waals surface area (Å²) < 4.78 is 12.4. The van der Waals surface area contributed by atoms with Crippen molar-refractivity contribution in [2.24, 2.45) is 0 Å². The number of rotatable bonds is 32. The van der Waals surface area contributed by atoms with Crippen LogP contribution in [0.2, 0.25) is 0 Å². The third kappa shape index (κ3) is 36.2. The SMILES string of the molecule is CCCCCCCC/C=C\CCCCCCCCP(=O)(O)CCCCCCCC/C=C\CCCCCCCC.[Ni]. The van der Waals surface area contributed by atoms with Crippen LogP contribution in [0.15, 0.2) is 24.3 Å². The normalized spacial score (nSPS) is 12.1. The molecular formula is C36H71NiO2P. The minimum Gasteiger partial charge on any atom is -0.344 e. The molecule has 0 bridgehead atoms. The van der Waals surface area contributed by atoms with Crippen LogP contribution in [-0.4, -0.2) is 17.2 Å². The summed E-state index contributed by atoms with van der Waals surface area (Å²) >= 11 is 0. The van der Waals surface area contributed by atoms with Gasteiger partial charge in [0.25, 0.3) is 0 Å². The number of unbranched alkanes of at least 4 members (excludes halogenated alkanes) is 24. The minimum absolute atomic E-state index is 0. The fraction of sp³-hybridized carbons (Fsp3) is 0.889. The molecule has 2 nitrogen and oxygen atoms in total. The predicted molar refractivity (Wildman–Crippen MR) is 178 cm³/mol. The van der Waals surface area contributed by atoms with Gasteiger partial charge in [0.15, 0.2) is 0 Å². The number of allylic oxidation sites excluding steroid dienone is 4. The van der Waals surface area contributed by atoms with Gasteiger partial charge in [0.2, 0.25) is 7.37 Å². The maximum Gasteiger partial charge on any atom is 0.200 e. The van der Waals surface area contributed by atoms with Gasteiger partial charge in [-0.05, 0) is 64.2 Å². The van der Waals surface area contributed by atoms with Gasteiger partial charge in [-0.2, -0.15) is 0 Å². The molecule has 0 spiro atoms. The molecule has 0 aromatic heterocycles. The van der Waals surface area contributed by atoms with Crippen molar-refractivity contribution in [3.05, 3.63) is 24.3 Å². The van der Waals surface area contributed by atoms with Crippen LogP contribution in [0.5, 0.6) is 0 Å². The van der Waals surface area contributed by atoms with E-state index in [2.05, 4.69) is 38.2 Å². The molecule has 0 aliphatic carbocycles. The Balaban J connectivity index is 0. The van der Waals surface area contributed by atoms with Crippen LogP contribution in [-0.2, 0) is 21.1 Å². The molecule has 0 amide bonds. The Kier molecular flexibility index (Phi) is 37.4. The van der Waals surface area contributed by atoms with Gasteiger partial charge in [-0.1, -0.05) is 154 Å². The molecule has 0 atom stereocenters. The van der Waals surface area contributed by atoms with Crippen LogP contribution in [0.1, 0.15) is 194 Å². The van der Waals surface area contributed by atoms with E-state index in [0.29, 0.717) is 12.3 Å². The van der Waals surface area contributed by atoms with Crippen molar-refractivity contribution in [2.45, 2.75) is 194 Å². The molecule has 242 valence electrons. The van der Waals surface area contributed by atoms with E-state index in [1.54, 1.807) is 0 Å². The quantitative estimate of drug-likeness (QED) is 0.0350. The van der Waals surface area contributed by atoms with Crippen molar-refractivity contribution in [3.63, 3.8) is 0 Å². The van der Waals surface area contributed by atoms with Crippen molar-refractivity contribution in [1.29, 1.82) is 0 Å². The fourth-order valence-electron chi connectivity index (χ4n) is 5.32. The van der Waals surface area contributed by atoms with Crippen molar-refractivity contribution in [2.75, 3.05) is 12.3 Å². The summed E-state index contributed by atoms with van der Waals surface area (Å²) in [4.78, 5) is 10.3. The zero-order valence-electron chi connectivity index (χ0n) is 27.1. The van der Waals surface area contributed by atoms with Crippen molar-refractivity contribution in [1.82, 2.24) is 0 Å². The molecule has 0 aromatic rings. The second-order valence-corrected chi connectivity index (χ2v) is 14.8. The maximum absolute atomic E-state index is 12.4. The summed E-state index contributed by atoms with van der Waals surface area (Å²) in [6, 6.07) is 0. The zero-order valence-corrected chi connectivity index (χ0v) is 29.0. The average molecular weight is 626 g/mol.